The summed E-state index contributed by atoms with van der Waals surface area (Å²) in [4.78, 5) is 5.16. The van der Waals surface area contributed by atoms with Gasteiger partial charge in [0.2, 0.25) is 0 Å². The molecule has 6 heteroatoms. The fraction of sp³-hybridized carbons (Fsp3) is 0.625. The van der Waals surface area contributed by atoms with E-state index >= 15 is 0 Å². The second-order valence-corrected chi connectivity index (χ2v) is 5.20. The quantitative estimate of drug-likeness (QED) is 0.829. The van der Waals surface area contributed by atoms with E-state index in [0.29, 0.717) is 6.04 Å². The van der Waals surface area contributed by atoms with Crippen LogP contribution in [0.3, 0.4) is 0 Å². The van der Waals surface area contributed by atoms with Gasteiger partial charge in [0.25, 0.3) is 0 Å². The van der Waals surface area contributed by atoms with Crippen molar-refractivity contribution in [3.63, 3.8) is 0 Å². The van der Waals surface area contributed by atoms with Gasteiger partial charge in [0, 0.05) is 38.8 Å². The van der Waals surface area contributed by atoms with Crippen molar-refractivity contribution in [1.29, 1.82) is 0 Å². The minimum Gasteiger partial charge on any atom is -0.314 e. The number of hydrogen-bond donors (Lipinski definition) is 1. The van der Waals surface area contributed by atoms with Crippen molar-refractivity contribution in [3.8, 4) is 0 Å². The summed E-state index contributed by atoms with van der Waals surface area (Å²) in [6.45, 7) is 12.4. The van der Waals surface area contributed by atoms with Crippen LogP contribution in [0.25, 0.3) is 0 Å². The van der Waals surface area contributed by atoms with Crippen molar-refractivity contribution < 1.29 is 0 Å². The summed E-state index contributed by atoms with van der Waals surface area (Å²) in [5.41, 5.74) is 1.45. The van der Waals surface area contributed by atoms with Gasteiger partial charge in [-0.1, -0.05) is 44.2 Å². The Morgan fingerprint density at radius 2 is 1.55 bits per heavy atom. The topological polar surface area (TPSA) is 18.5 Å². The Labute approximate surface area is 154 Å². The minimum atomic E-state index is 0. The number of nitrogens with zero attached hydrogens (tertiary/aromatic N) is 2. The maximum absolute atomic E-state index is 3.45. The highest BCUT2D eigenvalue weighted by molar-refractivity contribution is 5.86. The molecule has 1 aromatic rings. The molecule has 3 nitrogen and oxygen atoms in total. The van der Waals surface area contributed by atoms with Crippen LogP contribution in [0.1, 0.15) is 25.5 Å². The first-order chi connectivity index (χ1) is 9.35. The average Bonchev–Trinajstić information content (AvgIpc) is 2.50. The van der Waals surface area contributed by atoms with Crippen LogP contribution in [0.4, 0.5) is 0 Å². The summed E-state index contributed by atoms with van der Waals surface area (Å²) >= 11 is 0. The van der Waals surface area contributed by atoms with Crippen LogP contribution in [-0.4, -0.2) is 55.6 Å². The van der Waals surface area contributed by atoms with Crippen molar-refractivity contribution in [3.05, 3.63) is 35.9 Å². The molecule has 1 aliphatic rings. The Bertz CT molecular complexity index is 355. The third kappa shape index (κ3) is 7.03. The van der Waals surface area contributed by atoms with E-state index in [4.69, 9.17) is 0 Å². The molecule has 1 saturated heterocycles. The fourth-order valence-corrected chi connectivity index (χ4v) is 2.83. The molecular formula is C16H30Cl3N3. The van der Waals surface area contributed by atoms with E-state index in [1.807, 2.05) is 0 Å². The zero-order valence-electron chi connectivity index (χ0n) is 13.5. The standard InChI is InChI=1S/C16H27N3.3ClH/c1-3-18(4-2)14-16(15-8-6-5-7-9-15)19-12-10-17-11-13-19;;;/h5-9,16-17H,3-4,10-14H2,1-2H3;3*1H/t16-;;;/m0.../s1. The Morgan fingerprint density at radius 1 is 1.00 bits per heavy atom. The van der Waals surface area contributed by atoms with Crippen molar-refractivity contribution in [2.75, 3.05) is 45.8 Å². The number of benzene rings is 1. The van der Waals surface area contributed by atoms with Crippen LogP contribution in [0.2, 0.25) is 0 Å². The molecule has 1 aromatic carbocycles. The van der Waals surface area contributed by atoms with E-state index in [1.54, 1.807) is 0 Å². The van der Waals surface area contributed by atoms with Crippen LogP contribution >= 0.6 is 37.2 Å². The number of hydrogen-bond acceptors (Lipinski definition) is 3. The van der Waals surface area contributed by atoms with Crippen molar-refractivity contribution in [1.82, 2.24) is 15.1 Å². The lowest BCUT2D eigenvalue weighted by Crippen LogP contribution is -2.48. The van der Waals surface area contributed by atoms with Crippen LogP contribution < -0.4 is 5.32 Å². The lowest BCUT2D eigenvalue weighted by molar-refractivity contribution is 0.129. The van der Waals surface area contributed by atoms with Crippen LogP contribution in [-0.2, 0) is 0 Å². The van der Waals surface area contributed by atoms with Crippen molar-refractivity contribution in [2.24, 2.45) is 0 Å². The van der Waals surface area contributed by atoms with Gasteiger partial charge in [-0.2, -0.15) is 0 Å². The molecule has 0 radical (unpaired) electrons. The highest BCUT2D eigenvalue weighted by Gasteiger charge is 2.23. The zero-order chi connectivity index (χ0) is 13.5. The predicted octanol–water partition coefficient (Wildman–Crippen LogP) is 3.24. The average molecular weight is 371 g/mol. The summed E-state index contributed by atoms with van der Waals surface area (Å²) in [5, 5.41) is 3.45. The Kier molecular flexibility index (Phi) is 14.8. The van der Waals surface area contributed by atoms with Gasteiger partial charge in [-0.3, -0.25) is 4.90 Å². The molecule has 0 unspecified atom stereocenters. The monoisotopic (exact) mass is 369 g/mol. The molecule has 2 rings (SSSR count). The van der Waals surface area contributed by atoms with E-state index in [0.717, 1.165) is 45.8 Å². The largest absolute Gasteiger partial charge is 0.314 e. The number of halogens is 3. The lowest BCUT2D eigenvalue weighted by Gasteiger charge is -2.37. The normalized spacial score (nSPS) is 16.1. The van der Waals surface area contributed by atoms with Crippen LogP contribution in [0.5, 0.6) is 0 Å². The molecule has 0 aliphatic carbocycles. The zero-order valence-corrected chi connectivity index (χ0v) is 16.0. The molecule has 1 atom stereocenters. The Hall–Kier alpha value is -0.0300. The first-order valence-electron chi connectivity index (χ1n) is 7.57. The van der Waals surface area contributed by atoms with Gasteiger partial charge in [-0.15, -0.1) is 37.2 Å². The smallest absolute Gasteiger partial charge is 0.0476 e. The summed E-state index contributed by atoms with van der Waals surface area (Å²) < 4.78 is 0. The summed E-state index contributed by atoms with van der Waals surface area (Å²) in [5.74, 6) is 0. The third-order valence-corrected chi connectivity index (χ3v) is 4.10. The van der Waals surface area contributed by atoms with E-state index in [1.165, 1.54) is 5.56 Å². The summed E-state index contributed by atoms with van der Waals surface area (Å²) in [7, 11) is 0. The van der Waals surface area contributed by atoms with E-state index in [-0.39, 0.29) is 37.2 Å². The maximum atomic E-state index is 3.45. The number of likely N-dealkylation sites (N-methyl/N-ethyl adjacent to an activating group) is 1. The molecule has 0 bridgehead atoms. The first-order valence-corrected chi connectivity index (χ1v) is 7.57. The predicted molar refractivity (Wildman–Crippen MR) is 103 cm³/mol. The molecule has 1 fully saturated rings. The number of rotatable bonds is 6. The van der Waals surface area contributed by atoms with E-state index < -0.39 is 0 Å². The second kappa shape index (κ2) is 13.4. The lowest BCUT2D eigenvalue weighted by atomic mass is 10.0. The molecule has 22 heavy (non-hydrogen) atoms. The molecule has 130 valence electrons. The highest BCUT2D eigenvalue weighted by Crippen LogP contribution is 2.22. The Balaban J connectivity index is 0. The minimum absolute atomic E-state index is 0. The summed E-state index contributed by atoms with van der Waals surface area (Å²) in [6.07, 6.45) is 0. The SMILES string of the molecule is CCN(CC)C[C@@H](c1ccccc1)N1CCNCC1.Cl.Cl.Cl. The van der Waals surface area contributed by atoms with Gasteiger partial charge in [-0.05, 0) is 18.7 Å². The number of nitrogens with one attached hydrogen (secondary N) is 1. The Morgan fingerprint density at radius 3 is 2.05 bits per heavy atom. The molecule has 1 heterocycles. The van der Waals surface area contributed by atoms with Gasteiger partial charge in [-0.25, -0.2) is 0 Å². The summed E-state index contributed by atoms with van der Waals surface area (Å²) in [6, 6.07) is 11.5. The van der Waals surface area contributed by atoms with Gasteiger partial charge in [0.05, 0.1) is 0 Å². The van der Waals surface area contributed by atoms with Crippen molar-refractivity contribution in [2.45, 2.75) is 19.9 Å². The van der Waals surface area contributed by atoms with Crippen LogP contribution in [0, 0.1) is 0 Å². The maximum Gasteiger partial charge on any atom is 0.0476 e. The molecular weight excluding hydrogens is 341 g/mol. The third-order valence-electron chi connectivity index (χ3n) is 4.10. The van der Waals surface area contributed by atoms with Gasteiger partial charge < -0.3 is 10.2 Å². The highest BCUT2D eigenvalue weighted by atomic mass is 35.5. The van der Waals surface area contributed by atoms with Gasteiger partial charge >= 0.3 is 0 Å². The van der Waals surface area contributed by atoms with E-state index in [9.17, 15) is 0 Å². The van der Waals surface area contributed by atoms with Crippen molar-refractivity contribution >= 4 is 37.2 Å². The fourth-order valence-electron chi connectivity index (χ4n) is 2.83. The first kappa shape index (κ1) is 24.2. The number of piperazine rings is 1. The molecule has 0 aromatic heterocycles. The molecule has 0 saturated carbocycles. The molecule has 1 aliphatic heterocycles. The second-order valence-electron chi connectivity index (χ2n) is 5.20. The molecule has 0 spiro atoms. The molecule has 0 amide bonds. The molecule has 1 N–H and O–H groups in total. The van der Waals surface area contributed by atoms with Gasteiger partial charge in [0.1, 0.15) is 0 Å². The van der Waals surface area contributed by atoms with E-state index in [2.05, 4.69) is 59.3 Å². The van der Waals surface area contributed by atoms with Gasteiger partial charge in [0.15, 0.2) is 0 Å². The van der Waals surface area contributed by atoms with Crippen LogP contribution in [0.15, 0.2) is 30.3 Å².